The summed E-state index contributed by atoms with van der Waals surface area (Å²) in [5.41, 5.74) is 0. The van der Waals surface area contributed by atoms with E-state index in [4.69, 9.17) is 4.74 Å². The average molecular weight is 402 g/mol. The van der Waals surface area contributed by atoms with Crippen LogP contribution in [0.1, 0.15) is 38.5 Å². The molecular weight excluding hydrogens is 366 g/mol. The number of rotatable bonds is 7. The minimum atomic E-state index is -3.31. The Labute approximate surface area is 163 Å². The molecule has 0 saturated carbocycles. The summed E-state index contributed by atoms with van der Waals surface area (Å²) in [6.07, 6.45) is 6.89. The van der Waals surface area contributed by atoms with Gasteiger partial charge >= 0.3 is 0 Å². The molecule has 3 aliphatic heterocycles. The quantitative estimate of drug-likeness (QED) is 0.469. The summed E-state index contributed by atoms with van der Waals surface area (Å²) in [5, 5.41) is 3.22. The van der Waals surface area contributed by atoms with E-state index >= 15 is 0 Å². The second kappa shape index (κ2) is 10.0. The molecule has 3 fully saturated rings. The smallest absolute Gasteiger partial charge is 0.213 e. The minimum Gasteiger partial charge on any atom is -0.377 e. The maximum absolute atomic E-state index is 12.2. The van der Waals surface area contributed by atoms with Crippen molar-refractivity contribution in [2.75, 3.05) is 58.7 Å². The molecule has 0 bridgehead atoms. The van der Waals surface area contributed by atoms with Gasteiger partial charge in [-0.3, -0.25) is 9.89 Å². The Morgan fingerprint density at radius 3 is 2.67 bits per heavy atom. The van der Waals surface area contributed by atoms with Gasteiger partial charge in [0.25, 0.3) is 0 Å². The van der Waals surface area contributed by atoms with Crippen molar-refractivity contribution in [3.63, 3.8) is 0 Å². The number of aliphatic imine (C=N–C) groups is 1. The Bertz CT molecular complexity index is 586. The lowest BCUT2D eigenvalue weighted by molar-refractivity contribution is 0.0200. The summed E-state index contributed by atoms with van der Waals surface area (Å²) in [6, 6.07) is 0.604. The Hall–Kier alpha value is -0.900. The molecule has 9 heteroatoms. The van der Waals surface area contributed by atoms with Crippen molar-refractivity contribution in [2.24, 2.45) is 4.99 Å². The van der Waals surface area contributed by atoms with Crippen molar-refractivity contribution in [3.05, 3.63) is 0 Å². The van der Waals surface area contributed by atoms with Gasteiger partial charge in [-0.05, 0) is 51.6 Å². The van der Waals surface area contributed by atoms with Crippen LogP contribution < -0.4 is 10.0 Å². The number of nitrogens with one attached hydrogen (secondary N) is 2. The molecule has 0 radical (unpaired) electrons. The van der Waals surface area contributed by atoms with Crippen molar-refractivity contribution in [1.82, 2.24) is 19.8 Å². The molecule has 0 aromatic carbocycles. The summed E-state index contributed by atoms with van der Waals surface area (Å²) in [6.45, 7) is 5.84. The zero-order chi connectivity index (χ0) is 19.1. The highest BCUT2D eigenvalue weighted by Gasteiger charge is 2.30. The Morgan fingerprint density at radius 2 is 1.96 bits per heavy atom. The standard InChI is InChI=1S/C18H35N5O3S/c1-19-18(23-11-7-16(15-23)22-9-3-4-10-22)20-8-13-27(24,25)21-14-17-6-2-5-12-26-17/h16-17,21H,2-15H2,1H3,(H,19,20). The van der Waals surface area contributed by atoms with Gasteiger partial charge in [-0.15, -0.1) is 0 Å². The molecule has 0 aliphatic carbocycles. The van der Waals surface area contributed by atoms with Crippen LogP contribution in [0.25, 0.3) is 0 Å². The summed E-state index contributed by atoms with van der Waals surface area (Å²) in [5.74, 6) is 0.852. The van der Waals surface area contributed by atoms with Gasteiger partial charge in [-0.1, -0.05) is 0 Å². The minimum absolute atomic E-state index is 0.0152. The second-order valence-electron chi connectivity index (χ2n) is 7.76. The maximum Gasteiger partial charge on any atom is 0.213 e. The predicted molar refractivity (Wildman–Crippen MR) is 108 cm³/mol. The van der Waals surface area contributed by atoms with Crippen molar-refractivity contribution in [1.29, 1.82) is 0 Å². The molecule has 0 aromatic rings. The third-order valence-corrected chi connectivity index (χ3v) is 7.14. The number of likely N-dealkylation sites (tertiary alicyclic amines) is 2. The maximum atomic E-state index is 12.2. The van der Waals surface area contributed by atoms with Gasteiger partial charge in [-0.25, -0.2) is 13.1 Å². The predicted octanol–water partition coefficient (Wildman–Crippen LogP) is 0.220. The van der Waals surface area contributed by atoms with E-state index < -0.39 is 10.0 Å². The molecule has 2 atom stereocenters. The van der Waals surface area contributed by atoms with E-state index in [0.717, 1.165) is 51.3 Å². The van der Waals surface area contributed by atoms with Gasteiger partial charge < -0.3 is 15.0 Å². The summed E-state index contributed by atoms with van der Waals surface area (Å²) in [7, 11) is -1.54. The number of hydrogen-bond acceptors (Lipinski definition) is 5. The SMILES string of the molecule is CN=C(NCCS(=O)(=O)NCC1CCCCO1)N1CCC(N2CCCC2)C1. The highest BCUT2D eigenvalue weighted by atomic mass is 32.2. The van der Waals surface area contributed by atoms with Gasteiger partial charge in [0, 0.05) is 45.9 Å². The molecule has 0 spiro atoms. The first-order valence-corrected chi connectivity index (χ1v) is 12.0. The van der Waals surface area contributed by atoms with Crippen LogP contribution >= 0.6 is 0 Å². The van der Waals surface area contributed by atoms with Gasteiger partial charge in [0.15, 0.2) is 5.96 Å². The number of nitrogens with zero attached hydrogens (tertiary/aromatic N) is 3. The van der Waals surface area contributed by atoms with Gasteiger partial charge in [0.1, 0.15) is 0 Å². The first-order chi connectivity index (χ1) is 13.1. The molecule has 156 valence electrons. The average Bonchev–Trinajstić information content (AvgIpc) is 3.36. The van der Waals surface area contributed by atoms with E-state index in [1.54, 1.807) is 7.05 Å². The van der Waals surface area contributed by atoms with Gasteiger partial charge in [0.2, 0.25) is 10.0 Å². The highest BCUT2D eigenvalue weighted by molar-refractivity contribution is 7.89. The van der Waals surface area contributed by atoms with Gasteiger partial charge in [0.05, 0.1) is 11.9 Å². The van der Waals surface area contributed by atoms with E-state index in [2.05, 4.69) is 24.8 Å². The van der Waals surface area contributed by atoms with Crippen molar-refractivity contribution in [3.8, 4) is 0 Å². The lowest BCUT2D eigenvalue weighted by Crippen LogP contribution is -2.45. The second-order valence-corrected chi connectivity index (χ2v) is 9.69. The van der Waals surface area contributed by atoms with Crippen molar-refractivity contribution in [2.45, 2.75) is 50.7 Å². The van der Waals surface area contributed by atoms with E-state index in [1.165, 1.54) is 25.9 Å². The summed E-state index contributed by atoms with van der Waals surface area (Å²) in [4.78, 5) is 9.18. The number of guanidine groups is 1. The third-order valence-electron chi connectivity index (χ3n) is 5.79. The number of ether oxygens (including phenoxy) is 1. The Kier molecular flexibility index (Phi) is 7.75. The molecule has 3 rings (SSSR count). The normalized spacial score (nSPS) is 28.0. The Morgan fingerprint density at radius 1 is 1.15 bits per heavy atom. The van der Waals surface area contributed by atoms with Crippen LogP contribution in [-0.4, -0.2) is 95.0 Å². The van der Waals surface area contributed by atoms with Crippen LogP contribution in [0, 0.1) is 0 Å². The van der Waals surface area contributed by atoms with Crippen LogP contribution in [-0.2, 0) is 14.8 Å². The van der Waals surface area contributed by atoms with Crippen LogP contribution in [0.15, 0.2) is 4.99 Å². The van der Waals surface area contributed by atoms with E-state index in [9.17, 15) is 8.42 Å². The van der Waals surface area contributed by atoms with E-state index in [1.807, 2.05) is 0 Å². The zero-order valence-corrected chi connectivity index (χ0v) is 17.3. The first kappa shape index (κ1) is 20.8. The van der Waals surface area contributed by atoms with Crippen LogP contribution in [0.2, 0.25) is 0 Å². The van der Waals surface area contributed by atoms with Crippen LogP contribution in [0.3, 0.4) is 0 Å². The molecule has 27 heavy (non-hydrogen) atoms. The van der Waals surface area contributed by atoms with Crippen molar-refractivity contribution < 1.29 is 13.2 Å². The fraction of sp³-hybridized carbons (Fsp3) is 0.944. The summed E-state index contributed by atoms with van der Waals surface area (Å²) >= 11 is 0. The van der Waals surface area contributed by atoms with E-state index in [-0.39, 0.29) is 11.9 Å². The molecule has 2 unspecified atom stereocenters. The fourth-order valence-corrected chi connectivity index (χ4v) is 5.18. The van der Waals surface area contributed by atoms with Crippen LogP contribution in [0.4, 0.5) is 0 Å². The molecule has 0 amide bonds. The first-order valence-electron chi connectivity index (χ1n) is 10.4. The largest absolute Gasteiger partial charge is 0.377 e. The number of sulfonamides is 1. The molecule has 2 N–H and O–H groups in total. The molecular formula is C18H35N5O3S. The molecule has 3 aliphatic rings. The molecule has 0 aromatic heterocycles. The Balaban J connectivity index is 1.37. The molecule has 3 saturated heterocycles. The highest BCUT2D eigenvalue weighted by Crippen LogP contribution is 2.20. The van der Waals surface area contributed by atoms with Crippen molar-refractivity contribution >= 4 is 16.0 Å². The topological polar surface area (TPSA) is 86.3 Å². The summed E-state index contributed by atoms with van der Waals surface area (Å²) < 4.78 is 32.7. The van der Waals surface area contributed by atoms with E-state index in [0.29, 0.717) is 19.1 Å². The van der Waals surface area contributed by atoms with Gasteiger partial charge in [-0.2, -0.15) is 0 Å². The number of hydrogen-bond donors (Lipinski definition) is 2. The lowest BCUT2D eigenvalue weighted by atomic mass is 10.1. The lowest BCUT2D eigenvalue weighted by Gasteiger charge is -2.25. The third kappa shape index (κ3) is 6.30. The zero-order valence-electron chi connectivity index (χ0n) is 16.5. The molecule has 8 nitrogen and oxygen atoms in total. The molecule has 3 heterocycles. The van der Waals surface area contributed by atoms with Crippen LogP contribution in [0.5, 0.6) is 0 Å². The fourth-order valence-electron chi connectivity index (χ4n) is 4.23. The monoisotopic (exact) mass is 401 g/mol.